The number of anilines is 1. The molecule has 2 aliphatic heterocycles. The number of hydrogen-bond acceptors (Lipinski definition) is 8. The highest BCUT2D eigenvalue weighted by molar-refractivity contribution is 5.93. The van der Waals surface area contributed by atoms with E-state index in [1.807, 2.05) is 20.8 Å². The van der Waals surface area contributed by atoms with Crippen molar-refractivity contribution in [1.82, 2.24) is 30.6 Å². The fourth-order valence-electron chi connectivity index (χ4n) is 5.96. The fraction of sp³-hybridized carbons (Fsp3) is 0.714. The maximum Gasteiger partial charge on any atom is 0.429 e. The number of likely N-dealkylation sites (tertiary alicyclic amines) is 1. The van der Waals surface area contributed by atoms with Gasteiger partial charge < -0.3 is 20.3 Å². The summed E-state index contributed by atoms with van der Waals surface area (Å²) < 4.78 is 19.3. The fourth-order valence-corrected chi connectivity index (χ4v) is 5.96. The lowest BCUT2D eigenvalue weighted by Crippen LogP contribution is -2.59. The second kappa shape index (κ2) is 11.8. The molecule has 3 fully saturated rings. The van der Waals surface area contributed by atoms with Crippen molar-refractivity contribution < 1.29 is 28.3 Å². The largest absolute Gasteiger partial charge is 0.442 e. The third-order valence-corrected chi connectivity index (χ3v) is 7.91. The van der Waals surface area contributed by atoms with Gasteiger partial charge in [-0.3, -0.25) is 19.8 Å². The van der Waals surface area contributed by atoms with Gasteiger partial charge in [0.15, 0.2) is 0 Å². The van der Waals surface area contributed by atoms with Crippen molar-refractivity contribution in [3.63, 3.8) is 0 Å². The number of rotatable bonds is 6. The Morgan fingerprint density at radius 1 is 1.17 bits per heavy atom. The summed E-state index contributed by atoms with van der Waals surface area (Å²) in [6.07, 6.45) is 3.43. The molecule has 1 saturated carbocycles. The second-order valence-electron chi connectivity index (χ2n) is 13.3. The van der Waals surface area contributed by atoms with Crippen molar-refractivity contribution in [2.24, 2.45) is 23.2 Å². The number of hydrazine groups is 1. The topological polar surface area (TPSA) is 146 Å². The first-order valence-electron chi connectivity index (χ1n) is 14.3. The van der Waals surface area contributed by atoms with Gasteiger partial charge in [0, 0.05) is 19.2 Å². The van der Waals surface area contributed by atoms with Crippen LogP contribution in [0.4, 0.5) is 15.0 Å². The second-order valence-corrected chi connectivity index (χ2v) is 13.3. The quantitative estimate of drug-likeness (QED) is 0.347. The Labute approximate surface area is 240 Å². The maximum absolute atomic E-state index is 14.1. The molecule has 1 aromatic rings. The number of hydrogen-bond donors (Lipinski definition) is 3. The minimum atomic E-state index is -0.828. The Bertz CT molecular complexity index is 1170. The molecule has 0 bridgehead atoms. The number of halogens is 1. The van der Waals surface area contributed by atoms with Gasteiger partial charge in [-0.05, 0) is 57.3 Å². The van der Waals surface area contributed by atoms with Crippen LogP contribution in [0.1, 0.15) is 67.2 Å². The van der Waals surface area contributed by atoms with Gasteiger partial charge in [-0.25, -0.2) is 19.8 Å². The van der Waals surface area contributed by atoms with E-state index in [0.717, 1.165) is 36.7 Å². The van der Waals surface area contributed by atoms with E-state index in [4.69, 9.17) is 4.74 Å². The van der Waals surface area contributed by atoms with Crippen LogP contribution in [0.25, 0.3) is 0 Å². The zero-order valence-corrected chi connectivity index (χ0v) is 24.7. The molecule has 4 amide bonds. The van der Waals surface area contributed by atoms with Gasteiger partial charge in [0.1, 0.15) is 29.8 Å². The van der Waals surface area contributed by atoms with Crippen molar-refractivity contribution in [3.8, 4) is 0 Å². The summed E-state index contributed by atoms with van der Waals surface area (Å²) in [7, 11) is 0. The zero-order valence-electron chi connectivity index (χ0n) is 24.7. The summed E-state index contributed by atoms with van der Waals surface area (Å²) >= 11 is 0. The smallest absolute Gasteiger partial charge is 0.429 e. The number of amides is 4. The first kappa shape index (κ1) is 30.4. The number of carbonyl (C=O) groups is 4. The SMILES string of the molecule is CC(C)(C)OC(=O)N(C[C@@H]1CCNC1=O)NC(=O)[C@@H]1[C@H]2CCC[C@H]2CN1C(=O)[C@@H](Nc1cc(F)ncn1)C(C)(C)C. The molecule has 4 rings (SSSR count). The molecule has 1 aromatic heterocycles. The van der Waals surface area contributed by atoms with Gasteiger partial charge in [0.05, 0.1) is 12.5 Å². The van der Waals surface area contributed by atoms with Crippen molar-refractivity contribution >= 4 is 29.6 Å². The van der Waals surface area contributed by atoms with Gasteiger partial charge in [-0.2, -0.15) is 4.39 Å². The molecule has 41 heavy (non-hydrogen) atoms. The van der Waals surface area contributed by atoms with E-state index >= 15 is 0 Å². The third-order valence-electron chi connectivity index (χ3n) is 7.91. The molecule has 3 aliphatic rings. The van der Waals surface area contributed by atoms with Crippen LogP contribution in [0.5, 0.6) is 0 Å². The summed E-state index contributed by atoms with van der Waals surface area (Å²) in [6.45, 7) is 11.6. The van der Waals surface area contributed by atoms with Crippen LogP contribution < -0.4 is 16.1 Å². The number of ether oxygens (including phenoxy) is 1. The van der Waals surface area contributed by atoms with Crippen molar-refractivity contribution in [3.05, 3.63) is 18.3 Å². The monoisotopic (exact) mass is 575 g/mol. The lowest BCUT2D eigenvalue weighted by atomic mass is 9.85. The molecule has 2 saturated heterocycles. The molecule has 0 aromatic carbocycles. The summed E-state index contributed by atoms with van der Waals surface area (Å²) in [6, 6.07) is -0.534. The highest BCUT2D eigenvalue weighted by Gasteiger charge is 2.52. The normalized spacial score (nSPS) is 24.9. The van der Waals surface area contributed by atoms with E-state index in [0.29, 0.717) is 19.5 Å². The number of nitrogens with zero attached hydrogens (tertiary/aromatic N) is 4. The Morgan fingerprint density at radius 2 is 1.90 bits per heavy atom. The van der Waals surface area contributed by atoms with Crippen LogP contribution in [-0.2, 0) is 19.1 Å². The molecule has 1 aliphatic carbocycles. The molecule has 226 valence electrons. The molecule has 0 radical (unpaired) electrons. The molecular weight excluding hydrogens is 533 g/mol. The highest BCUT2D eigenvalue weighted by Crippen LogP contribution is 2.43. The standard InChI is InChI=1S/C28H42FN7O5/c1-27(2,3)22(33-20-12-19(29)31-15-32-20)25(39)35-13-16-8-7-9-18(16)21(35)24(38)34-36(26(40)41-28(4,5)6)14-17-10-11-30-23(17)37/h12,15-18,21-22H,7-11,13-14H2,1-6H3,(H,30,37)(H,34,38)(H,31,32,33)/t16-,17-,18-,21-,22+/m0/s1. The van der Waals surface area contributed by atoms with Crippen LogP contribution in [0, 0.1) is 29.1 Å². The van der Waals surface area contributed by atoms with Crippen molar-refractivity contribution in [1.29, 1.82) is 0 Å². The molecule has 0 spiro atoms. The first-order chi connectivity index (χ1) is 19.1. The maximum atomic E-state index is 14.1. The van der Waals surface area contributed by atoms with Crippen LogP contribution in [0.15, 0.2) is 12.4 Å². The minimum Gasteiger partial charge on any atom is -0.442 e. The summed E-state index contributed by atoms with van der Waals surface area (Å²) in [4.78, 5) is 62.7. The number of fused-ring (bicyclic) bond motifs is 1. The third kappa shape index (κ3) is 7.23. The van der Waals surface area contributed by atoms with E-state index < -0.39 is 47.0 Å². The lowest BCUT2D eigenvalue weighted by Gasteiger charge is -2.37. The average Bonchev–Trinajstić information content (AvgIpc) is 3.56. The first-order valence-corrected chi connectivity index (χ1v) is 14.3. The van der Waals surface area contributed by atoms with Gasteiger partial charge >= 0.3 is 6.09 Å². The Hall–Kier alpha value is -3.51. The van der Waals surface area contributed by atoms with E-state index in [1.165, 1.54) is 0 Å². The lowest BCUT2D eigenvalue weighted by molar-refractivity contribution is -0.143. The number of carbonyl (C=O) groups excluding carboxylic acids is 4. The van der Waals surface area contributed by atoms with E-state index in [9.17, 15) is 23.6 Å². The molecule has 13 heteroatoms. The molecule has 12 nitrogen and oxygen atoms in total. The van der Waals surface area contributed by atoms with Crippen LogP contribution in [-0.4, -0.2) is 81.0 Å². The predicted molar refractivity (Wildman–Crippen MR) is 147 cm³/mol. The van der Waals surface area contributed by atoms with Gasteiger partial charge in [0.25, 0.3) is 5.91 Å². The Kier molecular flexibility index (Phi) is 8.74. The van der Waals surface area contributed by atoms with Crippen molar-refractivity contribution in [2.45, 2.75) is 84.9 Å². The minimum absolute atomic E-state index is 0.0489. The van der Waals surface area contributed by atoms with E-state index in [1.54, 1.807) is 25.7 Å². The molecule has 3 heterocycles. The van der Waals surface area contributed by atoms with E-state index in [2.05, 4.69) is 26.0 Å². The van der Waals surface area contributed by atoms with Gasteiger partial charge in [-0.15, -0.1) is 0 Å². The molecule has 3 N–H and O–H groups in total. The molecule has 5 atom stereocenters. The van der Waals surface area contributed by atoms with Crippen LogP contribution in [0.2, 0.25) is 0 Å². The molecular formula is C28H42FN7O5. The van der Waals surface area contributed by atoms with Crippen LogP contribution in [0.3, 0.4) is 0 Å². The van der Waals surface area contributed by atoms with Crippen LogP contribution >= 0.6 is 0 Å². The predicted octanol–water partition coefficient (Wildman–Crippen LogP) is 2.47. The Morgan fingerprint density at radius 3 is 2.51 bits per heavy atom. The highest BCUT2D eigenvalue weighted by atomic mass is 19.1. The summed E-state index contributed by atoms with van der Waals surface area (Å²) in [5.74, 6) is -2.00. The number of aromatic nitrogens is 2. The summed E-state index contributed by atoms with van der Waals surface area (Å²) in [5, 5.41) is 6.87. The summed E-state index contributed by atoms with van der Waals surface area (Å²) in [5.41, 5.74) is 1.28. The van der Waals surface area contributed by atoms with Gasteiger partial charge in [0.2, 0.25) is 17.8 Å². The molecule has 0 unspecified atom stereocenters. The zero-order chi connectivity index (χ0) is 30.1. The van der Waals surface area contributed by atoms with Gasteiger partial charge in [-0.1, -0.05) is 27.2 Å². The average molecular weight is 576 g/mol. The van der Waals surface area contributed by atoms with E-state index in [-0.39, 0.29) is 36.0 Å². The van der Waals surface area contributed by atoms with Crippen molar-refractivity contribution in [2.75, 3.05) is 25.0 Å². The Balaban J connectivity index is 1.59. The number of nitrogens with one attached hydrogen (secondary N) is 3.